The molecule has 84 valence electrons. The van der Waals surface area contributed by atoms with Gasteiger partial charge in [0, 0.05) is 26.7 Å². The SMILES string of the molecule is CCN(CCCCOC)CCC(N)=S. The standard InChI is InChI=1S/C10H22N2OS/c1-3-12(8-6-10(11)14)7-4-5-9-13-2/h3-9H2,1-2H3,(H2,11,14). The van der Waals surface area contributed by atoms with Gasteiger partial charge in [0.05, 0.1) is 4.99 Å². The quantitative estimate of drug-likeness (QED) is 0.469. The van der Waals surface area contributed by atoms with Crippen LogP contribution in [0.5, 0.6) is 0 Å². The minimum Gasteiger partial charge on any atom is -0.393 e. The molecule has 0 aliphatic heterocycles. The summed E-state index contributed by atoms with van der Waals surface area (Å²) in [6, 6.07) is 0. The summed E-state index contributed by atoms with van der Waals surface area (Å²) < 4.78 is 5.00. The lowest BCUT2D eigenvalue weighted by Gasteiger charge is -2.19. The van der Waals surface area contributed by atoms with Gasteiger partial charge in [0.15, 0.2) is 0 Å². The number of rotatable bonds is 9. The summed E-state index contributed by atoms with van der Waals surface area (Å²) in [5, 5.41) is 0. The summed E-state index contributed by atoms with van der Waals surface area (Å²) in [7, 11) is 1.74. The van der Waals surface area contributed by atoms with E-state index >= 15 is 0 Å². The first-order chi connectivity index (χ1) is 6.70. The normalized spacial score (nSPS) is 10.8. The zero-order chi connectivity index (χ0) is 10.8. The number of hydrogen-bond donors (Lipinski definition) is 1. The number of hydrogen-bond acceptors (Lipinski definition) is 3. The molecule has 0 aromatic rings. The van der Waals surface area contributed by atoms with E-state index in [1.165, 1.54) is 6.42 Å². The molecule has 2 N–H and O–H groups in total. The summed E-state index contributed by atoms with van der Waals surface area (Å²) in [6.07, 6.45) is 3.13. The van der Waals surface area contributed by atoms with Crippen LogP contribution in [0, 0.1) is 0 Å². The van der Waals surface area contributed by atoms with E-state index in [0.29, 0.717) is 4.99 Å². The van der Waals surface area contributed by atoms with Crippen LogP contribution in [-0.2, 0) is 4.74 Å². The molecule has 0 aliphatic carbocycles. The smallest absolute Gasteiger partial charge is 0.0740 e. The van der Waals surface area contributed by atoms with Crippen LogP contribution in [0.25, 0.3) is 0 Å². The van der Waals surface area contributed by atoms with Crippen LogP contribution in [0.2, 0.25) is 0 Å². The van der Waals surface area contributed by atoms with Crippen LogP contribution in [0.15, 0.2) is 0 Å². The van der Waals surface area contributed by atoms with Crippen LogP contribution in [0.4, 0.5) is 0 Å². The second-order valence-electron chi connectivity index (χ2n) is 3.35. The largest absolute Gasteiger partial charge is 0.393 e. The summed E-state index contributed by atoms with van der Waals surface area (Å²) in [5.41, 5.74) is 5.46. The third-order valence-corrected chi connectivity index (χ3v) is 2.40. The molecular weight excluding hydrogens is 196 g/mol. The highest BCUT2D eigenvalue weighted by molar-refractivity contribution is 7.80. The van der Waals surface area contributed by atoms with Gasteiger partial charge < -0.3 is 15.4 Å². The molecule has 0 unspecified atom stereocenters. The molecule has 14 heavy (non-hydrogen) atoms. The van der Waals surface area contributed by atoms with Gasteiger partial charge in [0.1, 0.15) is 0 Å². The third-order valence-electron chi connectivity index (χ3n) is 2.19. The molecule has 0 rings (SSSR count). The Bertz CT molecular complexity index is 153. The fourth-order valence-electron chi connectivity index (χ4n) is 1.28. The maximum atomic E-state index is 5.46. The Kier molecular flexibility index (Phi) is 9.24. The second kappa shape index (κ2) is 9.37. The highest BCUT2D eigenvalue weighted by Gasteiger charge is 2.02. The molecule has 0 aliphatic rings. The maximum absolute atomic E-state index is 5.46. The van der Waals surface area contributed by atoms with E-state index in [2.05, 4.69) is 11.8 Å². The topological polar surface area (TPSA) is 38.5 Å². The molecule has 3 nitrogen and oxygen atoms in total. The molecule has 0 amide bonds. The van der Waals surface area contributed by atoms with Crippen molar-refractivity contribution in [2.45, 2.75) is 26.2 Å². The van der Waals surface area contributed by atoms with Gasteiger partial charge in [0.25, 0.3) is 0 Å². The lowest BCUT2D eigenvalue weighted by molar-refractivity contribution is 0.185. The average molecular weight is 218 g/mol. The first-order valence-electron chi connectivity index (χ1n) is 5.20. The number of nitrogens with two attached hydrogens (primary N) is 1. The van der Waals surface area contributed by atoms with E-state index in [1.807, 2.05) is 0 Å². The van der Waals surface area contributed by atoms with Crippen molar-refractivity contribution in [3.63, 3.8) is 0 Å². The Balaban J connectivity index is 3.42. The molecule has 0 spiro atoms. The minimum absolute atomic E-state index is 0.611. The van der Waals surface area contributed by atoms with Gasteiger partial charge in [-0.1, -0.05) is 19.1 Å². The van der Waals surface area contributed by atoms with E-state index in [1.54, 1.807) is 7.11 Å². The predicted octanol–water partition coefficient (Wildman–Crippen LogP) is 1.41. The molecule has 0 heterocycles. The van der Waals surface area contributed by atoms with Crippen LogP contribution >= 0.6 is 12.2 Å². The summed E-state index contributed by atoms with van der Waals surface area (Å²) in [4.78, 5) is 2.98. The second-order valence-corrected chi connectivity index (χ2v) is 3.87. The predicted molar refractivity (Wildman–Crippen MR) is 64.6 cm³/mol. The number of methoxy groups -OCH3 is 1. The molecule has 0 radical (unpaired) electrons. The molecule has 0 fully saturated rings. The van der Waals surface area contributed by atoms with Crippen LogP contribution in [-0.4, -0.2) is 43.2 Å². The first-order valence-corrected chi connectivity index (χ1v) is 5.61. The highest BCUT2D eigenvalue weighted by Crippen LogP contribution is 1.97. The minimum atomic E-state index is 0.611. The molecule has 0 atom stereocenters. The molecule has 0 aromatic carbocycles. The van der Waals surface area contributed by atoms with Crippen LogP contribution < -0.4 is 5.73 Å². The Morgan fingerprint density at radius 3 is 2.57 bits per heavy atom. The fraction of sp³-hybridized carbons (Fsp3) is 0.900. The van der Waals surface area contributed by atoms with Crippen molar-refractivity contribution in [3.8, 4) is 0 Å². The maximum Gasteiger partial charge on any atom is 0.0740 e. The number of thiocarbonyl (C=S) groups is 1. The average Bonchev–Trinajstić information content (AvgIpc) is 2.16. The van der Waals surface area contributed by atoms with Crippen LogP contribution in [0.3, 0.4) is 0 Å². The lowest BCUT2D eigenvalue weighted by Crippen LogP contribution is -2.28. The van der Waals surface area contributed by atoms with E-state index in [9.17, 15) is 0 Å². The van der Waals surface area contributed by atoms with E-state index < -0.39 is 0 Å². The van der Waals surface area contributed by atoms with Crippen molar-refractivity contribution in [1.82, 2.24) is 4.90 Å². The van der Waals surface area contributed by atoms with Crippen molar-refractivity contribution in [2.75, 3.05) is 33.4 Å². The van der Waals surface area contributed by atoms with Gasteiger partial charge in [0.2, 0.25) is 0 Å². The van der Waals surface area contributed by atoms with Crippen molar-refractivity contribution in [2.24, 2.45) is 5.73 Å². The van der Waals surface area contributed by atoms with E-state index in [-0.39, 0.29) is 0 Å². The van der Waals surface area contributed by atoms with Gasteiger partial charge in [-0.15, -0.1) is 0 Å². The van der Waals surface area contributed by atoms with Gasteiger partial charge in [-0.3, -0.25) is 0 Å². The molecular formula is C10H22N2OS. The van der Waals surface area contributed by atoms with Crippen molar-refractivity contribution in [1.29, 1.82) is 0 Å². The number of ether oxygens (including phenoxy) is 1. The lowest BCUT2D eigenvalue weighted by atomic mass is 10.3. The summed E-state index contributed by atoms with van der Waals surface area (Å²) >= 11 is 4.85. The van der Waals surface area contributed by atoms with E-state index in [4.69, 9.17) is 22.7 Å². The third kappa shape index (κ3) is 8.41. The monoisotopic (exact) mass is 218 g/mol. The van der Waals surface area contributed by atoms with Gasteiger partial charge in [-0.05, 0) is 25.9 Å². The summed E-state index contributed by atoms with van der Waals surface area (Å²) in [6.45, 7) is 6.18. The van der Waals surface area contributed by atoms with Gasteiger partial charge in [-0.25, -0.2) is 0 Å². The Morgan fingerprint density at radius 1 is 1.36 bits per heavy atom. The van der Waals surface area contributed by atoms with Crippen molar-refractivity contribution in [3.05, 3.63) is 0 Å². The molecule has 0 aromatic heterocycles. The Morgan fingerprint density at radius 2 is 2.07 bits per heavy atom. The molecule has 0 saturated heterocycles. The highest BCUT2D eigenvalue weighted by atomic mass is 32.1. The van der Waals surface area contributed by atoms with Crippen LogP contribution in [0.1, 0.15) is 26.2 Å². The zero-order valence-electron chi connectivity index (χ0n) is 9.29. The van der Waals surface area contributed by atoms with Crippen molar-refractivity contribution >= 4 is 17.2 Å². The molecule has 4 heteroatoms. The Labute approximate surface area is 92.6 Å². The van der Waals surface area contributed by atoms with Crippen molar-refractivity contribution < 1.29 is 4.74 Å². The molecule has 0 saturated carbocycles. The number of unbranched alkanes of at least 4 members (excludes halogenated alkanes) is 1. The van der Waals surface area contributed by atoms with E-state index in [0.717, 1.165) is 39.1 Å². The van der Waals surface area contributed by atoms with Gasteiger partial charge in [-0.2, -0.15) is 0 Å². The van der Waals surface area contributed by atoms with Gasteiger partial charge >= 0.3 is 0 Å². The summed E-state index contributed by atoms with van der Waals surface area (Å²) in [5.74, 6) is 0. The fourth-order valence-corrected chi connectivity index (χ4v) is 1.37. The first kappa shape index (κ1) is 13.8. The Hall–Kier alpha value is -0.190. The molecule has 0 bridgehead atoms. The number of nitrogens with zero attached hydrogens (tertiary/aromatic N) is 1. The zero-order valence-corrected chi connectivity index (χ0v) is 10.1.